The average molecular weight is 464 g/mol. The number of hydrogen-bond acceptors (Lipinski definition) is 6. The number of carbonyl (C=O) groups is 2. The lowest BCUT2D eigenvalue weighted by atomic mass is 10.1. The van der Waals surface area contributed by atoms with Gasteiger partial charge in [-0.15, -0.1) is 16.8 Å². The highest BCUT2D eigenvalue weighted by atomic mass is 32.2. The highest BCUT2D eigenvalue weighted by Crippen LogP contribution is 2.26. The summed E-state index contributed by atoms with van der Waals surface area (Å²) in [6.07, 6.45) is 1.79. The molecule has 0 bridgehead atoms. The summed E-state index contributed by atoms with van der Waals surface area (Å²) in [5.74, 6) is 0.756. The predicted octanol–water partition coefficient (Wildman–Crippen LogP) is 4.91. The predicted molar refractivity (Wildman–Crippen MR) is 135 cm³/mol. The number of nitrogens with one attached hydrogen (secondary N) is 1. The van der Waals surface area contributed by atoms with Gasteiger partial charge in [-0.3, -0.25) is 14.2 Å². The Morgan fingerprint density at radius 1 is 1.06 bits per heavy atom. The fourth-order valence-corrected chi connectivity index (χ4v) is 4.18. The third kappa shape index (κ3) is 6.10. The first-order valence-electron chi connectivity index (χ1n) is 10.9. The van der Waals surface area contributed by atoms with Crippen molar-refractivity contribution >= 4 is 34.8 Å². The molecule has 3 rings (SSSR count). The van der Waals surface area contributed by atoms with Crippen LogP contribution >= 0.6 is 11.8 Å². The maximum Gasteiger partial charge on any atom is 0.234 e. The first kappa shape index (κ1) is 24.3. The maximum absolute atomic E-state index is 12.4. The Labute approximate surface area is 198 Å². The summed E-state index contributed by atoms with van der Waals surface area (Å²) in [7, 11) is 0. The standard InChI is InChI=1S/C25H29N5O2S/c1-5-16-30-24(20-10-14-22(15-11-20)29(6-2)7-3)27-28-25(30)33-17-23(32)26-21-12-8-19(9-13-21)18(4)31/h5,8-15H,1,6-7,16-17H2,2-4H3,(H,26,32). The molecule has 0 spiro atoms. The Bertz CT molecular complexity index is 1100. The number of hydrogen-bond donors (Lipinski definition) is 1. The maximum atomic E-state index is 12.4. The summed E-state index contributed by atoms with van der Waals surface area (Å²) >= 11 is 1.32. The number of carbonyl (C=O) groups excluding carboxylic acids is 2. The Balaban J connectivity index is 1.69. The van der Waals surface area contributed by atoms with Gasteiger partial charge in [0.05, 0.1) is 5.75 Å². The van der Waals surface area contributed by atoms with Crippen molar-refractivity contribution in [2.45, 2.75) is 32.5 Å². The van der Waals surface area contributed by atoms with E-state index in [-0.39, 0.29) is 17.4 Å². The summed E-state index contributed by atoms with van der Waals surface area (Å²) in [6.45, 7) is 12.1. The second-order valence-corrected chi connectivity index (χ2v) is 8.34. The summed E-state index contributed by atoms with van der Waals surface area (Å²) in [4.78, 5) is 26.1. The van der Waals surface area contributed by atoms with Gasteiger partial charge in [-0.25, -0.2) is 0 Å². The largest absolute Gasteiger partial charge is 0.372 e. The molecule has 0 unspecified atom stereocenters. The highest BCUT2D eigenvalue weighted by molar-refractivity contribution is 7.99. The lowest BCUT2D eigenvalue weighted by Crippen LogP contribution is -2.21. The van der Waals surface area contributed by atoms with Gasteiger partial charge in [0, 0.05) is 42.1 Å². The minimum atomic E-state index is -0.158. The monoisotopic (exact) mass is 463 g/mol. The SMILES string of the molecule is C=CCn1c(SCC(=O)Nc2ccc(C(C)=O)cc2)nnc1-c1ccc(N(CC)CC)cc1. The number of aromatic nitrogens is 3. The van der Waals surface area contributed by atoms with E-state index in [4.69, 9.17) is 0 Å². The van der Waals surface area contributed by atoms with Gasteiger partial charge >= 0.3 is 0 Å². The van der Waals surface area contributed by atoms with E-state index in [9.17, 15) is 9.59 Å². The van der Waals surface area contributed by atoms with Crippen LogP contribution in [0, 0.1) is 0 Å². The van der Waals surface area contributed by atoms with Crippen molar-refractivity contribution in [3.63, 3.8) is 0 Å². The van der Waals surface area contributed by atoms with Gasteiger partial charge in [0.15, 0.2) is 16.8 Å². The van der Waals surface area contributed by atoms with Crippen molar-refractivity contribution in [3.8, 4) is 11.4 Å². The Morgan fingerprint density at radius 3 is 2.30 bits per heavy atom. The zero-order valence-corrected chi connectivity index (χ0v) is 20.1. The first-order chi connectivity index (χ1) is 16.0. The lowest BCUT2D eigenvalue weighted by Gasteiger charge is -2.21. The Morgan fingerprint density at radius 2 is 1.73 bits per heavy atom. The second kappa shape index (κ2) is 11.5. The van der Waals surface area contributed by atoms with Crippen LogP contribution in [0.15, 0.2) is 66.3 Å². The summed E-state index contributed by atoms with van der Waals surface area (Å²) in [5.41, 5.74) is 3.38. The molecular weight excluding hydrogens is 434 g/mol. The highest BCUT2D eigenvalue weighted by Gasteiger charge is 2.15. The molecule has 1 aromatic heterocycles. The number of anilines is 2. The van der Waals surface area contributed by atoms with Crippen LogP contribution in [0.4, 0.5) is 11.4 Å². The molecule has 172 valence electrons. The number of benzene rings is 2. The minimum Gasteiger partial charge on any atom is -0.372 e. The third-order valence-corrected chi connectivity index (χ3v) is 6.16. The first-order valence-corrected chi connectivity index (χ1v) is 11.9. The second-order valence-electron chi connectivity index (χ2n) is 7.40. The molecule has 2 aromatic carbocycles. The zero-order valence-electron chi connectivity index (χ0n) is 19.2. The van der Waals surface area contributed by atoms with Crippen molar-refractivity contribution in [1.29, 1.82) is 0 Å². The molecule has 7 nitrogen and oxygen atoms in total. The molecule has 1 N–H and O–H groups in total. The normalized spacial score (nSPS) is 10.6. The van der Waals surface area contributed by atoms with Gasteiger partial charge in [-0.2, -0.15) is 0 Å². The van der Waals surface area contributed by atoms with E-state index in [1.807, 2.05) is 16.7 Å². The molecular formula is C25H29N5O2S. The average Bonchev–Trinajstić information content (AvgIpc) is 3.22. The van der Waals surface area contributed by atoms with Crippen LogP contribution in [-0.4, -0.2) is 45.3 Å². The molecule has 1 amide bonds. The topological polar surface area (TPSA) is 80.1 Å². The molecule has 0 aliphatic rings. The smallest absolute Gasteiger partial charge is 0.234 e. The van der Waals surface area contributed by atoms with E-state index >= 15 is 0 Å². The van der Waals surface area contributed by atoms with E-state index in [0.717, 1.165) is 24.5 Å². The molecule has 0 saturated heterocycles. The molecule has 0 aliphatic carbocycles. The fraction of sp³-hybridized carbons (Fsp3) is 0.280. The van der Waals surface area contributed by atoms with Crippen molar-refractivity contribution in [2.24, 2.45) is 0 Å². The fourth-order valence-electron chi connectivity index (χ4n) is 3.43. The molecule has 0 saturated carbocycles. The number of amides is 1. The van der Waals surface area contributed by atoms with Crippen LogP contribution in [0.2, 0.25) is 0 Å². The van der Waals surface area contributed by atoms with E-state index in [1.165, 1.54) is 24.4 Å². The van der Waals surface area contributed by atoms with Crippen LogP contribution in [0.25, 0.3) is 11.4 Å². The number of thioether (sulfide) groups is 1. The van der Waals surface area contributed by atoms with Gasteiger partial charge in [0.1, 0.15) is 0 Å². The molecule has 33 heavy (non-hydrogen) atoms. The molecule has 8 heteroatoms. The van der Waals surface area contributed by atoms with E-state index in [2.05, 4.69) is 53.0 Å². The van der Waals surface area contributed by atoms with Gasteiger partial charge < -0.3 is 10.2 Å². The van der Waals surface area contributed by atoms with Crippen molar-refractivity contribution in [2.75, 3.05) is 29.1 Å². The van der Waals surface area contributed by atoms with Crippen LogP contribution in [-0.2, 0) is 11.3 Å². The van der Waals surface area contributed by atoms with Crippen LogP contribution in [0.5, 0.6) is 0 Å². The molecule has 0 atom stereocenters. The Hall–Kier alpha value is -3.39. The van der Waals surface area contributed by atoms with Gasteiger partial charge in [0.2, 0.25) is 5.91 Å². The minimum absolute atomic E-state index is 0.0107. The molecule has 1 heterocycles. The van der Waals surface area contributed by atoms with Crippen LogP contribution in [0.3, 0.4) is 0 Å². The van der Waals surface area contributed by atoms with Crippen molar-refractivity contribution in [1.82, 2.24) is 14.8 Å². The number of nitrogens with zero attached hydrogens (tertiary/aromatic N) is 4. The van der Waals surface area contributed by atoms with Gasteiger partial charge in [-0.05, 0) is 69.3 Å². The van der Waals surface area contributed by atoms with E-state index in [1.54, 1.807) is 30.3 Å². The van der Waals surface area contributed by atoms with Crippen molar-refractivity contribution < 1.29 is 9.59 Å². The van der Waals surface area contributed by atoms with E-state index < -0.39 is 0 Å². The third-order valence-electron chi connectivity index (χ3n) is 5.19. The number of Topliss-reactive ketones (excluding diaryl/α,β-unsaturated/α-hetero) is 1. The Kier molecular flexibility index (Phi) is 8.43. The van der Waals surface area contributed by atoms with Gasteiger partial charge in [0.25, 0.3) is 0 Å². The summed E-state index contributed by atoms with van der Waals surface area (Å²) in [6, 6.07) is 15.1. The quantitative estimate of drug-likeness (QED) is 0.247. The van der Waals surface area contributed by atoms with Crippen molar-refractivity contribution in [3.05, 3.63) is 66.7 Å². The summed E-state index contributed by atoms with van der Waals surface area (Å²) < 4.78 is 1.96. The van der Waals surface area contributed by atoms with Gasteiger partial charge in [-0.1, -0.05) is 17.8 Å². The molecule has 0 radical (unpaired) electrons. The zero-order chi connectivity index (χ0) is 23.8. The molecule has 0 aliphatic heterocycles. The number of allylic oxidation sites excluding steroid dienone is 1. The molecule has 3 aromatic rings. The number of rotatable bonds is 11. The van der Waals surface area contributed by atoms with Crippen LogP contribution in [0.1, 0.15) is 31.1 Å². The number of ketones is 1. The van der Waals surface area contributed by atoms with E-state index in [0.29, 0.717) is 23.0 Å². The van der Waals surface area contributed by atoms with Crippen LogP contribution < -0.4 is 10.2 Å². The lowest BCUT2D eigenvalue weighted by molar-refractivity contribution is -0.113. The molecule has 0 fully saturated rings. The summed E-state index contributed by atoms with van der Waals surface area (Å²) in [5, 5.41) is 12.2.